The molecule has 0 bridgehead atoms. The second-order valence-electron chi connectivity index (χ2n) is 3.79. The number of aromatic amines is 1. The van der Waals surface area contributed by atoms with Gasteiger partial charge >= 0.3 is 0 Å². The number of nitrogens with one attached hydrogen (secondary N) is 2. The van der Waals surface area contributed by atoms with Crippen LogP contribution in [-0.4, -0.2) is 24.0 Å². The van der Waals surface area contributed by atoms with Crippen LogP contribution in [0.2, 0.25) is 5.02 Å². The molecule has 0 radical (unpaired) electrons. The molecular formula is C12H14ClN3O. The van der Waals surface area contributed by atoms with Crippen molar-refractivity contribution in [2.45, 2.75) is 6.42 Å². The van der Waals surface area contributed by atoms with Crippen molar-refractivity contribution in [1.29, 1.82) is 0 Å². The number of fused-ring (bicyclic) bond motifs is 1. The van der Waals surface area contributed by atoms with E-state index in [0.29, 0.717) is 24.5 Å². The Morgan fingerprint density at radius 1 is 1.47 bits per heavy atom. The van der Waals surface area contributed by atoms with Crippen LogP contribution in [0.15, 0.2) is 24.4 Å². The lowest BCUT2D eigenvalue weighted by Gasteiger charge is -2.03. The van der Waals surface area contributed by atoms with Crippen molar-refractivity contribution in [1.82, 2.24) is 10.3 Å². The SMILES string of the molecule is NCCNC(=O)Cc1c[nH]c2cccc(Cl)c12. The Morgan fingerprint density at radius 3 is 3.06 bits per heavy atom. The molecule has 0 unspecified atom stereocenters. The summed E-state index contributed by atoms with van der Waals surface area (Å²) in [6, 6.07) is 5.63. The minimum atomic E-state index is -0.0451. The topological polar surface area (TPSA) is 70.9 Å². The van der Waals surface area contributed by atoms with Gasteiger partial charge in [-0.25, -0.2) is 0 Å². The maximum absolute atomic E-state index is 11.6. The molecule has 4 N–H and O–H groups in total. The third-order valence-electron chi connectivity index (χ3n) is 2.55. The fraction of sp³-hybridized carbons (Fsp3) is 0.250. The third kappa shape index (κ3) is 2.60. The molecule has 0 aliphatic rings. The normalized spacial score (nSPS) is 10.7. The quantitative estimate of drug-likeness (QED) is 0.770. The summed E-state index contributed by atoms with van der Waals surface area (Å²) in [6.07, 6.45) is 2.13. The highest BCUT2D eigenvalue weighted by atomic mass is 35.5. The molecule has 0 spiro atoms. The molecule has 2 aromatic rings. The predicted molar refractivity (Wildman–Crippen MR) is 69.1 cm³/mol. The van der Waals surface area contributed by atoms with Gasteiger partial charge in [0, 0.05) is 30.2 Å². The van der Waals surface area contributed by atoms with Gasteiger partial charge in [-0.3, -0.25) is 4.79 Å². The Hall–Kier alpha value is -1.52. The van der Waals surface area contributed by atoms with Crippen molar-refractivity contribution in [2.24, 2.45) is 5.73 Å². The number of amides is 1. The van der Waals surface area contributed by atoms with Gasteiger partial charge in [0.2, 0.25) is 5.91 Å². The molecule has 1 heterocycles. The van der Waals surface area contributed by atoms with Gasteiger partial charge in [-0.1, -0.05) is 17.7 Å². The highest BCUT2D eigenvalue weighted by Crippen LogP contribution is 2.26. The molecule has 4 nitrogen and oxygen atoms in total. The minimum Gasteiger partial charge on any atom is -0.361 e. The molecule has 0 aliphatic heterocycles. The van der Waals surface area contributed by atoms with Gasteiger partial charge in [0.25, 0.3) is 0 Å². The molecule has 90 valence electrons. The largest absolute Gasteiger partial charge is 0.361 e. The van der Waals surface area contributed by atoms with E-state index in [1.807, 2.05) is 24.4 Å². The van der Waals surface area contributed by atoms with Crippen molar-refractivity contribution in [3.8, 4) is 0 Å². The van der Waals surface area contributed by atoms with Crippen LogP contribution in [0.25, 0.3) is 10.9 Å². The fourth-order valence-electron chi connectivity index (χ4n) is 1.79. The first-order valence-electron chi connectivity index (χ1n) is 5.43. The summed E-state index contributed by atoms with van der Waals surface area (Å²) in [5.74, 6) is -0.0451. The lowest BCUT2D eigenvalue weighted by molar-refractivity contribution is -0.120. The molecule has 0 fully saturated rings. The van der Waals surface area contributed by atoms with E-state index in [2.05, 4.69) is 10.3 Å². The Morgan fingerprint density at radius 2 is 2.29 bits per heavy atom. The first-order valence-corrected chi connectivity index (χ1v) is 5.81. The molecule has 0 saturated heterocycles. The van der Waals surface area contributed by atoms with E-state index in [4.69, 9.17) is 17.3 Å². The zero-order valence-corrected chi connectivity index (χ0v) is 10.1. The Labute approximate surface area is 104 Å². The molecule has 5 heteroatoms. The van der Waals surface area contributed by atoms with E-state index in [-0.39, 0.29) is 5.91 Å². The van der Waals surface area contributed by atoms with E-state index in [1.54, 1.807) is 0 Å². The van der Waals surface area contributed by atoms with Crippen molar-refractivity contribution < 1.29 is 4.79 Å². The fourth-order valence-corrected chi connectivity index (χ4v) is 2.09. The van der Waals surface area contributed by atoms with Crippen LogP contribution in [0.4, 0.5) is 0 Å². The Kier molecular flexibility index (Phi) is 3.66. The third-order valence-corrected chi connectivity index (χ3v) is 2.87. The highest BCUT2D eigenvalue weighted by Gasteiger charge is 2.10. The number of halogens is 1. The molecule has 0 saturated carbocycles. The number of carbonyl (C=O) groups excluding carboxylic acids is 1. The molecule has 1 aromatic heterocycles. The van der Waals surface area contributed by atoms with Crippen LogP contribution in [0.1, 0.15) is 5.56 Å². The summed E-state index contributed by atoms with van der Waals surface area (Å²) in [5, 5.41) is 4.31. The Balaban J connectivity index is 2.22. The smallest absolute Gasteiger partial charge is 0.224 e. The van der Waals surface area contributed by atoms with E-state index in [0.717, 1.165) is 16.5 Å². The van der Waals surface area contributed by atoms with E-state index < -0.39 is 0 Å². The maximum atomic E-state index is 11.6. The number of carbonyl (C=O) groups is 1. The second-order valence-corrected chi connectivity index (χ2v) is 4.20. The van der Waals surface area contributed by atoms with E-state index >= 15 is 0 Å². The van der Waals surface area contributed by atoms with Crippen LogP contribution < -0.4 is 11.1 Å². The molecule has 0 atom stereocenters. The average Bonchev–Trinajstić information content (AvgIpc) is 2.71. The van der Waals surface area contributed by atoms with Gasteiger partial charge in [0.15, 0.2) is 0 Å². The minimum absolute atomic E-state index is 0.0451. The molecule has 1 aromatic carbocycles. The van der Waals surface area contributed by atoms with Gasteiger partial charge in [-0.05, 0) is 17.7 Å². The van der Waals surface area contributed by atoms with Crippen molar-refractivity contribution >= 4 is 28.4 Å². The number of benzene rings is 1. The number of aromatic nitrogens is 1. The van der Waals surface area contributed by atoms with Crippen LogP contribution in [-0.2, 0) is 11.2 Å². The molecule has 1 amide bonds. The molecule has 0 aliphatic carbocycles. The standard InChI is InChI=1S/C12H14ClN3O/c13-9-2-1-3-10-12(9)8(7-16-10)6-11(17)15-5-4-14/h1-3,7,16H,4-6,14H2,(H,15,17). The molecule has 2 rings (SSSR count). The van der Waals surface area contributed by atoms with Crippen LogP contribution >= 0.6 is 11.6 Å². The summed E-state index contributed by atoms with van der Waals surface area (Å²) in [7, 11) is 0. The summed E-state index contributed by atoms with van der Waals surface area (Å²) < 4.78 is 0. The Bertz CT molecular complexity index is 536. The van der Waals surface area contributed by atoms with E-state index in [1.165, 1.54) is 0 Å². The zero-order valence-electron chi connectivity index (χ0n) is 9.29. The molecule has 17 heavy (non-hydrogen) atoms. The highest BCUT2D eigenvalue weighted by molar-refractivity contribution is 6.35. The van der Waals surface area contributed by atoms with Crippen LogP contribution in [0.5, 0.6) is 0 Å². The number of H-pyrrole nitrogens is 1. The summed E-state index contributed by atoms with van der Waals surface area (Å²) in [5.41, 5.74) is 7.17. The molecular weight excluding hydrogens is 238 g/mol. The number of rotatable bonds is 4. The van der Waals surface area contributed by atoms with Crippen molar-refractivity contribution in [2.75, 3.05) is 13.1 Å². The first-order chi connectivity index (χ1) is 8.22. The number of hydrogen-bond donors (Lipinski definition) is 3. The van der Waals surface area contributed by atoms with Gasteiger partial charge in [-0.15, -0.1) is 0 Å². The van der Waals surface area contributed by atoms with Crippen LogP contribution in [0.3, 0.4) is 0 Å². The van der Waals surface area contributed by atoms with Gasteiger partial charge in [0.05, 0.1) is 11.4 Å². The maximum Gasteiger partial charge on any atom is 0.224 e. The van der Waals surface area contributed by atoms with Gasteiger partial charge in [0.1, 0.15) is 0 Å². The summed E-state index contributed by atoms with van der Waals surface area (Å²) in [4.78, 5) is 14.7. The van der Waals surface area contributed by atoms with Crippen LogP contribution in [0, 0.1) is 0 Å². The van der Waals surface area contributed by atoms with E-state index in [9.17, 15) is 4.79 Å². The second kappa shape index (κ2) is 5.21. The lowest BCUT2D eigenvalue weighted by atomic mass is 10.1. The number of nitrogens with two attached hydrogens (primary N) is 1. The first kappa shape index (κ1) is 12.0. The van der Waals surface area contributed by atoms with Crippen molar-refractivity contribution in [3.63, 3.8) is 0 Å². The number of hydrogen-bond acceptors (Lipinski definition) is 2. The van der Waals surface area contributed by atoms with Gasteiger partial charge < -0.3 is 16.0 Å². The predicted octanol–water partition coefficient (Wildman–Crippen LogP) is 1.44. The monoisotopic (exact) mass is 251 g/mol. The summed E-state index contributed by atoms with van der Waals surface area (Å²) in [6.45, 7) is 0.940. The summed E-state index contributed by atoms with van der Waals surface area (Å²) >= 11 is 6.12. The average molecular weight is 252 g/mol. The zero-order chi connectivity index (χ0) is 12.3. The van der Waals surface area contributed by atoms with Gasteiger partial charge in [-0.2, -0.15) is 0 Å². The van der Waals surface area contributed by atoms with Crippen molar-refractivity contribution in [3.05, 3.63) is 35.0 Å². The lowest BCUT2D eigenvalue weighted by Crippen LogP contribution is -2.30.